The van der Waals surface area contributed by atoms with Gasteiger partial charge in [-0.25, -0.2) is 4.98 Å². The number of hydrogen-bond donors (Lipinski definition) is 1. The second-order valence-electron chi connectivity index (χ2n) is 4.22. The van der Waals surface area contributed by atoms with Crippen LogP contribution in [-0.4, -0.2) is 19.5 Å². The van der Waals surface area contributed by atoms with Crippen LogP contribution in [-0.2, 0) is 13.0 Å². The van der Waals surface area contributed by atoms with E-state index in [2.05, 4.69) is 27.1 Å². The molecule has 3 rings (SSSR count). The molecule has 0 radical (unpaired) electrons. The van der Waals surface area contributed by atoms with Crippen LogP contribution in [0.25, 0.3) is 11.2 Å². The maximum Gasteiger partial charge on any atom is 0.226 e. The van der Waals surface area contributed by atoms with Gasteiger partial charge in [-0.15, -0.1) is 0 Å². The molecule has 19 heavy (non-hydrogen) atoms. The number of fused-ring (bicyclic) bond motifs is 1. The number of nitrogens with two attached hydrogens (primary N) is 1. The third-order valence-electron chi connectivity index (χ3n) is 2.95. The van der Waals surface area contributed by atoms with Gasteiger partial charge in [0.15, 0.2) is 11.5 Å². The van der Waals surface area contributed by atoms with Gasteiger partial charge in [0.05, 0.1) is 6.33 Å². The van der Waals surface area contributed by atoms with Gasteiger partial charge in [0.1, 0.15) is 5.52 Å². The number of anilines is 1. The number of aromatic nitrogens is 4. The highest BCUT2D eigenvalue weighted by molar-refractivity contribution is 6.28. The second-order valence-corrected chi connectivity index (χ2v) is 4.56. The van der Waals surface area contributed by atoms with Crippen LogP contribution in [0.1, 0.15) is 5.56 Å². The minimum absolute atomic E-state index is 0.145. The van der Waals surface area contributed by atoms with E-state index in [4.69, 9.17) is 17.3 Å². The number of aryl methyl sites for hydroxylation is 2. The van der Waals surface area contributed by atoms with Crippen LogP contribution in [0.5, 0.6) is 0 Å². The molecule has 5 nitrogen and oxygen atoms in total. The number of imidazole rings is 1. The normalized spacial score (nSPS) is 11.0. The van der Waals surface area contributed by atoms with Gasteiger partial charge in [0, 0.05) is 6.54 Å². The average Bonchev–Trinajstić information content (AvgIpc) is 2.81. The Morgan fingerprint density at radius 3 is 2.74 bits per heavy atom. The van der Waals surface area contributed by atoms with Crippen molar-refractivity contribution in [1.82, 2.24) is 19.5 Å². The molecule has 6 heteroatoms. The molecular formula is C13H12ClN5. The quantitative estimate of drug-likeness (QED) is 0.744. The van der Waals surface area contributed by atoms with Crippen molar-refractivity contribution in [1.29, 1.82) is 0 Å². The Balaban J connectivity index is 1.89. The van der Waals surface area contributed by atoms with Crippen molar-refractivity contribution in [3.05, 3.63) is 47.5 Å². The van der Waals surface area contributed by atoms with Gasteiger partial charge in [0.25, 0.3) is 0 Å². The van der Waals surface area contributed by atoms with E-state index in [1.54, 1.807) is 6.33 Å². The molecule has 0 bridgehead atoms. The first-order valence-corrected chi connectivity index (χ1v) is 6.29. The first-order valence-electron chi connectivity index (χ1n) is 5.92. The molecule has 2 aromatic heterocycles. The summed E-state index contributed by atoms with van der Waals surface area (Å²) < 4.78 is 1.94. The van der Waals surface area contributed by atoms with Crippen molar-refractivity contribution in [2.45, 2.75) is 13.0 Å². The topological polar surface area (TPSA) is 69.6 Å². The Kier molecular flexibility index (Phi) is 3.05. The molecule has 0 aliphatic heterocycles. The number of rotatable bonds is 3. The molecule has 96 valence electrons. The molecule has 0 saturated heterocycles. The van der Waals surface area contributed by atoms with Crippen molar-refractivity contribution in [3.63, 3.8) is 0 Å². The Labute approximate surface area is 115 Å². The van der Waals surface area contributed by atoms with E-state index in [1.807, 2.05) is 22.8 Å². The zero-order valence-electron chi connectivity index (χ0n) is 10.1. The fraction of sp³-hybridized carbons (Fsp3) is 0.154. The van der Waals surface area contributed by atoms with Gasteiger partial charge in [-0.2, -0.15) is 9.97 Å². The Hall–Kier alpha value is -2.14. The molecule has 2 N–H and O–H groups in total. The largest absolute Gasteiger partial charge is 0.382 e. The molecule has 0 aliphatic rings. The van der Waals surface area contributed by atoms with Crippen LogP contribution >= 0.6 is 11.6 Å². The summed E-state index contributed by atoms with van der Waals surface area (Å²) in [7, 11) is 0. The van der Waals surface area contributed by atoms with Crippen LogP contribution in [0.15, 0.2) is 36.7 Å². The molecule has 0 aliphatic carbocycles. The van der Waals surface area contributed by atoms with Crippen molar-refractivity contribution < 1.29 is 0 Å². The standard InChI is InChI=1S/C13H12ClN5/c14-13-17-11(15)10-12(18-13)19(8-16-10)7-6-9-4-2-1-3-5-9/h1-5,8H,6-7H2,(H2,15,17,18). The van der Waals surface area contributed by atoms with E-state index in [9.17, 15) is 0 Å². The predicted molar refractivity (Wildman–Crippen MR) is 74.9 cm³/mol. The highest BCUT2D eigenvalue weighted by Gasteiger charge is 2.10. The van der Waals surface area contributed by atoms with Gasteiger partial charge < -0.3 is 10.3 Å². The van der Waals surface area contributed by atoms with E-state index >= 15 is 0 Å². The first-order chi connectivity index (χ1) is 9.24. The third-order valence-corrected chi connectivity index (χ3v) is 3.12. The van der Waals surface area contributed by atoms with Crippen LogP contribution in [0.3, 0.4) is 0 Å². The summed E-state index contributed by atoms with van der Waals surface area (Å²) in [5.74, 6) is 0.313. The number of halogens is 1. The summed E-state index contributed by atoms with van der Waals surface area (Å²) in [5, 5.41) is 0.145. The van der Waals surface area contributed by atoms with Crippen LogP contribution < -0.4 is 5.73 Å². The SMILES string of the molecule is Nc1nc(Cl)nc2c1ncn2CCc1ccccc1. The number of nitrogen functional groups attached to an aromatic ring is 1. The minimum atomic E-state index is 0.145. The lowest BCUT2D eigenvalue weighted by atomic mass is 10.1. The van der Waals surface area contributed by atoms with E-state index in [-0.39, 0.29) is 5.28 Å². The molecule has 0 fully saturated rings. The molecule has 0 atom stereocenters. The molecule has 2 heterocycles. The van der Waals surface area contributed by atoms with Gasteiger partial charge in [-0.1, -0.05) is 30.3 Å². The van der Waals surface area contributed by atoms with E-state index in [1.165, 1.54) is 5.56 Å². The maximum atomic E-state index is 5.83. The number of hydrogen-bond acceptors (Lipinski definition) is 4. The molecule has 0 amide bonds. The predicted octanol–water partition coefficient (Wildman–Crippen LogP) is 2.30. The van der Waals surface area contributed by atoms with Crippen molar-refractivity contribution in [2.75, 3.05) is 5.73 Å². The lowest BCUT2D eigenvalue weighted by Gasteiger charge is -2.04. The van der Waals surface area contributed by atoms with E-state index in [0.717, 1.165) is 13.0 Å². The fourth-order valence-corrected chi connectivity index (χ4v) is 2.17. The highest BCUT2D eigenvalue weighted by atomic mass is 35.5. The number of nitrogens with zero attached hydrogens (tertiary/aromatic N) is 4. The monoisotopic (exact) mass is 273 g/mol. The summed E-state index contributed by atoms with van der Waals surface area (Å²) in [4.78, 5) is 12.3. The Morgan fingerprint density at radius 1 is 1.16 bits per heavy atom. The second kappa shape index (κ2) is 4.85. The zero-order valence-corrected chi connectivity index (χ0v) is 10.9. The first kappa shape index (κ1) is 11.9. The molecule has 1 aromatic carbocycles. The minimum Gasteiger partial charge on any atom is -0.382 e. The average molecular weight is 274 g/mol. The Bertz CT molecular complexity index is 708. The summed E-state index contributed by atoms with van der Waals surface area (Å²) >= 11 is 5.83. The maximum absolute atomic E-state index is 5.83. The van der Waals surface area contributed by atoms with Gasteiger partial charge in [-0.3, -0.25) is 0 Å². The summed E-state index contributed by atoms with van der Waals surface area (Å²) in [6.07, 6.45) is 2.61. The van der Waals surface area contributed by atoms with Gasteiger partial charge in [0.2, 0.25) is 5.28 Å². The van der Waals surface area contributed by atoms with Crippen LogP contribution in [0, 0.1) is 0 Å². The molecular weight excluding hydrogens is 262 g/mol. The third kappa shape index (κ3) is 2.37. The van der Waals surface area contributed by atoms with Crippen LogP contribution in [0.4, 0.5) is 5.82 Å². The molecule has 0 saturated carbocycles. The van der Waals surface area contributed by atoms with E-state index < -0.39 is 0 Å². The lowest BCUT2D eigenvalue weighted by molar-refractivity contribution is 0.709. The highest BCUT2D eigenvalue weighted by Crippen LogP contribution is 2.18. The van der Waals surface area contributed by atoms with Crippen molar-refractivity contribution in [2.24, 2.45) is 0 Å². The molecule has 0 unspecified atom stereocenters. The van der Waals surface area contributed by atoms with Gasteiger partial charge in [-0.05, 0) is 23.6 Å². The summed E-state index contributed by atoms with van der Waals surface area (Å²) in [6, 6.07) is 10.2. The van der Waals surface area contributed by atoms with E-state index in [0.29, 0.717) is 17.0 Å². The fourth-order valence-electron chi connectivity index (χ4n) is 2.00. The van der Waals surface area contributed by atoms with Gasteiger partial charge >= 0.3 is 0 Å². The zero-order chi connectivity index (χ0) is 13.2. The smallest absolute Gasteiger partial charge is 0.226 e. The molecule has 3 aromatic rings. The summed E-state index contributed by atoms with van der Waals surface area (Å²) in [5.41, 5.74) is 8.30. The Morgan fingerprint density at radius 2 is 1.95 bits per heavy atom. The van der Waals surface area contributed by atoms with Crippen molar-refractivity contribution >= 4 is 28.6 Å². The summed E-state index contributed by atoms with van der Waals surface area (Å²) in [6.45, 7) is 0.771. The molecule has 0 spiro atoms. The lowest BCUT2D eigenvalue weighted by Crippen LogP contribution is -2.02. The van der Waals surface area contributed by atoms with Crippen LogP contribution in [0.2, 0.25) is 5.28 Å². The number of benzene rings is 1. The van der Waals surface area contributed by atoms with Crippen molar-refractivity contribution in [3.8, 4) is 0 Å².